The molecule has 0 aliphatic heterocycles. The van der Waals surface area contributed by atoms with Crippen LogP contribution in [0.2, 0.25) is 0 Å². The standard InChI is InChI=1S/C60H61N/c1-40-35-52-54(59(8,9)34-33-57(52,4)5)38-46(40)48-37-47-45-27-19-20-28-49(45)60(41-21-13-10-14-22-41,42-23-15-11-16-24-42)51(47)39-55(48)61(43-25-17-12-18-26-43)44-29-30-50-53(36-44)58(6,7)32-31-56(50,2)3/h10-30,35-39H,31-34H2,1-9H3. The largest absolute Gasteiger partial charge is 0.310 e. The molecule has 0 aromatic heterocycles. The number of rotatable bonds is 6. The van der Waals surface area contributed by atoms with Crippen LogP contribution in [-0.2, 0) is 27.1 Å². The van der Waals surface area contributed by atoms with Crippen LogP contribution in [0.5, 0.6) is 0 Å². The first-order valence-corrected chi connectivity index (χ1v) is 22.7. The molecule has 0 radical (unpaired) electrons. The van der Waals surface area contributed by atoms with Gasteiger partial charge in [0.1, 0.15) is 0 Å². The highest BCUT2D eigenvalue weighted by atomic mass is 15.1. The monoisotopic (exact) mass is 795 g/mol. The van der Waals surface area contributed by atoms with Crippen LogP contribution in [0.15, 0.2) is 158 Å². The van der Waals surface area contributed by atoms with Crippen molar-refractivity contribution in [3.8, 4) is 22.3 Å². The summed E-state index contributed by atoms with van der Waals surface area (Å²) in [5.41, 5.74) is 21.1. The molecule has 0 saturated carbocycles. The molecule has 7 aromatic rings. The molecule has 0 saturated heterocycles. The molecule has 1 nitrogen and oxygen atoms in total. The maximum Gasteiger partial charge on any atom is 0.0714 e. The molecule has 306 valence electrons. The van der Waals surface area contributed by atoms with Gasteiger partial charge in [-0.25, -0.2) is 0 Å². The highest BCUT2D eigenvalue weighted by Crippen LogP contribution is 2.60. The Hall–Kier alpha value is -5.66. The average molecular weight is 796 g/mol. The van der Waals surface area contributed by atoms with Gasteiger partial charge in [0, 0.05) is 16.9 Å². The molecular formula is C60H61N. The van der Waals surface area contributed by atoms with Crippen molar-refractivity contribution >= 4 is 17.1 Å². The van der Waals surface area contributed by atoms with Gasteiger partial charge in [-0.15, -0.1) is 0 Å². The minimum atomic E-state index is -0.525. The van der Waals surface area contributed by atoms with E-state index in [0.717, 1.165) is 5.69 Å². The van der Waals surface area contributed by atoms with Gasteiger partial charge >= 0.3 is 0 Å². The van der Waals surface area contributed by atoms with E-state index in [1.54, 1.807) is 0 Å². The Balaban J connectivity index is 1.35. The Morgan fingerprint density at radius 3 is 1.43 bits per heavy atom. The van der Waals surface area contributed by atoms with Crippen molar-refractivity contribution in [2.75, 3.05) is 4.90 Å². The van der Waals surface area contributed by atoms with Crippen LogP contribution in [0.25, 0.3) is 22.3 Å². The van der Waals surface area contributed by atoms with Crippen LogP contribution >= 0.6 is 0 Å². The van der Waals surface area contributed by atoms with E-state index in [0.29, 0.717) is 0 Å². The lowest BCUT2D eigenvalue weighted by atomic mass is 9.62. The number of aryl methyl sites for hydroxylation is 1. The van der Waals surface area contributed by atoms with Gasteiger partial charge in [0.05, 0.1) is 11.1 Å². The third-order valence-corrected chi connectivity index (χ3v) is 15.4. The number of hydrogen-bond donors (Lipinski definition) is 0. The van der Waals surface area contributed by atoms with Crippen LogP contribution < -0.4 is 4.90 Å². The molecule has 0 fully saturated rings. The molecule has 0 spiro atoms. The van der Waals surface area contributed by atoms with E-state index < -0.39 is 5.41 Å². The zero-order valence-corrected chi connectivity index (χ0v) is 37.8. The molecule has 0 N–H and O–H groups in total. The Bertz CT molecular complexity index is 2760. The summed E-state index contributed by atoms with van der Waals surface area (Å²) in [6, 6.07) is 60.6. The van der Waals surface area contributed by atoms with E-state index in [-0.39, 0.29) is 21.7 Å². The van der Waals surface area contributed by atoms with Gasteiger partial charge in [-0.2, -0.15) is 0 Å². The van der Waals surface area contributed by atoms with E-state index in [1.807, 2.05) is 0 Å². The van der Waals surface area contributed by atoms with Crippen molar-refractivity contribution in [2.45, 2.75) is 115 Å². The summed E-state index contributed by atoms with van der Waals surface area (Å²) in [5.74, 6) is 0. The SMILES string of the molecule is Cc1cc2c(cc1-c1cc3c(cc1N(c1ccccc1)c1ccc4c(c1)C(C)(C)CCC4(C)C)C(c1ccccc1)(c1ccccc1)c1ccccc1-3)C(C)(C)CCC2(C)C. The van der Waals surface area contributed by atoms with Crippen molar-refractivity contribution in [3.63, 3.8) is 0 Å². The summed E-state index contributed by atoms with van der Waals surface area (Å²) in [6.45, 7) is 21.9. The minimum absolute atomic E-state index is 0.0644. The summed E-state index contributed by atoms with van der Waals surface area (Å²) in [4.78, 5) is 2.59. The molecular weight excluding hydrogens is 735 g/mol. The van der Waals surface area contributed by atoms with E-state index in [1.165, 1.54) is 109 Å². The van der Waals surface area contributed by atoms with E-state index in [9.17, 15) is 0 Å². The quantitative estimate of drug-likeness (QED) is 0.162. The summed E-state index contributed by atoms with van der Waals surface area (Å²) in [7, 11) is 0. The van der Waals surface area contributed by atoms with Crippen LogP contribution in [-0.4, -0.2) is 0 Å². The zero-order chi connectivity index (χ0) is 42.5. The second-order valence-corrected chi connectivity index (χ2v) is 21.1. The normalized spacial score (nSPS) is 18.3. The smallest absolute Gasteiger partial charge is 0.0714 e. The number of fused-ring (bicyclic) bond motifs is 5. The number of benzene rings is 7. The van der Waals surface area contributed by atoms with E-state index in [4.69, 9.17) is 0 Å². The van der Waals surface area contributed by atoms with Gasteiger partial charge in [-0.05, 0) is 163 Å². The van der Waals surface area contributed by atoms with Crippen molar-refractivity contribution in [1.29, 1.82) is 0 Å². The lowest BCUT2D eigenvalue weighted by Gasteiger charge is -2.43. The van der Waals surface area contributed by atoms with Crippen LogP contribution in [0.4, 0.5) is 17.1 Å². The Labute approximate surface area is 365 Å². The Morgan fingerprint density at radius 2 is 0.836 bits per heavy atom. The van der Waals surface area contributed by atoms with Crippen molar-refractivity contribution in [2.24, 2.45) is 0 Å². The lowest BCUT2D eigenvalue weighted by Crippen LogP contribution is -2.34. The predicted molar refractivity (Wildman–Crippen MR) is 259 cm³/mol. The number of hydrogen-bond acceptors (Lipinski definition) is 1. The van der Waals surface area contributed by atoms with Crippen LogP contribution in [0.3, 0.4) is 0 Å². The zero-order valence-electron chi connectivity index (χ0n) is 37.8. The molecule has 3 aliphatic carbocycles. The number of nitrogens with zero attached hydrogens (tertiary/aromatic N) is 1. The summed E-state index contributed by atoms with van der Waals surface area (Å²) < 4.78 is 0. The Morgan fingerprint density at radius 1 is 0.344 bits per heavy atom. The summed E-state index contributed by atoms with van der Waals surface area (Å²) in [5, 5.41) is 0. The lowest BCUT2D eigenvalue weighted by molar-refractivity contribution is 0.332. The van der Waals surface area contributed by atoms with Gasteiger partial charge in [-0.1, -0.05) is 171 Å². The first kappa shape index (κ1) is 39.5. The van der Waals surface area contributed by atoms with Gasteiger partial charge in [0.15, 0.2) is 0 Å². The fraction of sp³-hybridized carbons (Fsp3) is 0.300. The molecule has 10 rings (SSSR count). The highest BCUT2D eigenvalue weighted by Gasteiger charge is 2.47. The topological polar surface area (TPSA) is 3.24 Å². The van der Waals surface area contributed by atoms with Gasteiger partial charge in [0.2, 0.25) is 0 Å². The second kappa shape index (κ2) is 13.9. The van der Waals surface area contributed by atoms with Crippen molar-refractivity contribution in [3.05, 3.63) is 208 Å². The van der Waals surface area contributed by atoms with Crippen LogP contribution in [0.1, 0.15) is 131 Å². The molecule has 0 atom stereocenters. The third kappa shape index (κ3) is 6.09. The van der Waals surface area contributed by atoms with E-state index >= 15 is 0 Å². The molecule has 3 aliphatic rings. The first-order valence-electron chi connectivity index (χ1n) is 22.7. The maximum absolute atomic E-state index is 2.60. The molecule has 61 heavy (non-hydrogen) atoms. The summed E-state index contributed by atoms with van der Waals surface area (Å²) in [6.07, 6.45) is 4.73. The molecule has 0 amide bonds. The molecule has 0 heterocycles. The predicted octanol–water partition coefficient (Wildman–Crippen LogP) is 16.2. The van der Waals surface area contributed by atoms with Gasteiger partial charge < -0.3 is 4.90 Å². The van der Waals surface area contributed by atoms with Crippen molar-refractivity contribution in [1.82, 2.24) is 0 Å². The number of anilines is 3. The average Bonchev–Trinajstić information content (AvgIpc) is 3.55. The summed E-state index contributed by atoms with van der Waals surface area (Å²) >= 11 is 0. The minimum Gasteiger partial charge on any atom is -0.310 e. The maximum atomic E-state index is 2.60. The first-order chi connectivity index (χ1) is 29.1. The molecule has 7 aromatic carbocycles. The third-order valence-electron chi connectivity index (χ3n) is 15.4. The fourth-order valence-corrected chi connectivity index (χ4v) is 11.6. The fourth-order valence-electron chi connectivity index (χ4n) is 11.6. The van der Waals surface area contributed by atoms with Gasteiger partial charge in [0.25, 0.3) is 0 Å². The number of para-hydroxylation sites is 1. The Kier molecular flexibility index (Phi) is 9.02. The molecule has 0 unspecified atom stereocenters. The molecule has 0 bridgehead atoms. The van der Waals surface area contributed by atoms with Crippen molar-refractivity contribution < 1.29 is 0 Å². The molecule has 1 heteroatoms. The van der Waals surface area contributed by atoms with Gasteiger partial charge in [-0.3, -0.25) is 0 Å². The highest BCUT2D eigenvalue weighted by molar-refractivity contribution is 5.97. The second-order valence-electron chi connectivity index (χ2n) is 21.1. The van der Waals surface area contributed by atoms with Crippen LogP contribution in [0, 0.1) is 6.92 Å². The van der Waals surface area contributed by atoms with E-state index in [2.05, 4.69) is 225 Å².